The van der Waals surface area contributed by atoms with Crippen molar-refractivity contribution in [1.82, 2.24) is 0 Å². The maximum Gasteiger partial charge on any atom is 0.0540 e. The molecule has 0 aromatic heterocycles. The first-order valence-corrected chi connectivity index (χ1v) is 24.0. The molecule has 2 nitrogen and oxygen atoms in total. The smallest absolute Gasteiger partial charge is 0.0540 e. The van der Waals surface area contributed by atoms with E-state index in [0.29, 0.717) is 0 Å². The number of anilines is 6. The van der Waals surface area contributed by atoms with E-state index < -0.39 is 0 Å². The normalized spacial score (nSPS) is 12.6. The van der Waals surface area contributed by atoms with Gasteiger partial charge in [0, 0.05) is 38.9 Å². The molecule has 0 fully saturated rings. The Morgan fingerprint density at radius 2 is 0.609 bits per heavy atom. The molecule has 0 bridgehead atoms. The van der Waals surface area contributed by atoms with E-state index in [4.69, 9.17) is 0 Å². The molecular weight excluding hydrogens is 833 g/mol. The molecule has 2 heteroatoms. The van der Waals surface area contributed by atoms with E-state index >= 15 is 0 Å². The lowest BCUT2D eigenvalue weighted by Gasteiger charge is -2.30. The summed E-state index contributed by atoms with van der Waals surface area (Å²) in [6.07, 6.45) is 0. The molecule has 69 heavy (non-hydrogen) atoms. The molecule has 0 saturated carbocycles. The fourth-order valence-electron chi connectivity index (χ4n) is 11.0. The molecule has 1 aliphatic rings. The molecule has 0 spiro atoms. The van der Waals surface area contributed by atoms with E-state index in [-0.39, 0.29) is 5.41 Å². The highest BCUT2D eigenvalue weighted by atomic mass is 15.1. The van der Waals surface area contributed by atoms with E-state index in [1.807, 2.05) is 0 Å². The van der Waals surface area contributed by atoms with Crippen LogP contribution in [0.5, 0.6) is 0 Å². The third-order valence-electron chi connectivity index (χ3n) is 14.6. The Bertz CT molecular complexity index is 3670. The summed E-state index contributed by atoms with van der Waals surface area (Å²) in [6.45, 7) is 4.79. The fraction of sp³-hybridized carbons (Fsp3) is 0.0448. The molecule has 0 aliphatic heterocycles. The molecule has 13 rings (SSSR count). The summed E-state index contributed by atoms with van der Waals surface area (Å²) in [7, 11) is 0. The number of benzene rings is 12. The van der Waals surface area contributed by atoms with Crippen LogP contribution in [0.25, 0.3) is 76.5 Å². The lowest BCUT2D eigenvalue weighted by molar-refractivity contribution is 0.660. The summed E-state index contributed by atoms with van der Waals surface area (Å²) in [5.74, 6) is 0. The van der Waals surface area contributed by atoms with Crippen LogP contribution in [0.3, 0.4) is 0 Å². The number of fused-ring (bicyclic) bond motifs is 7. The SMILES string of the molecule is CC1(C)c2cc(N(c3ccc(-c4ccc5ccccc5c4)cc3)c3cccc4ccccc34)ccc2-c2ccc(N(c3ccc(-c4ccc5ccccc5c4)cc3)c3cccc4ccccc34)cc21. The van der Waals surface area contributed by atoms with Gasteiger partial charge in [-0.2, -0.15) is 0 Å². The van der Waals surface area contributed by atoms with Gasteiger partial charge in [0.15, 0.2) is 0 Å². The quantitative estimate of drug-likeness (QED) is 0.150. The summed E-state index contributed by atoms with van der Waals surface area (Å²) < 4.78 is 0. The zero-order valence-corrected chi connectivity index (χ0v) is 38.6. The average molecular weight is 881 g/mol. The van der Waals surface area contributed by atoms with Gasteiger partial charge in [-0.05, 0) is 150 Å². The monoisotopic (exact) mass is 880 g/mol. The van der Waals surface area contributed by atoms with Gasteiger partial charge in [-0.3, -0.25) is 0 Å². The maximum atomic E-state index is 2.45. The average Bonchev–Trinajstić information content (AvgIpc) is 3.63. The van der Waals surface area contributed by atoms with Gasteiger partial charge in [-0.25, -0.2) is 0 Å². The van der Waals surface area contributed by atoms with Crippen LogP contribution in [-0.2, 0) is 5.41 Å². The second kappa shape index (κ2) is 16.3. The van der Waals surface area contributed by atoms with Crippen LogP contribution in [0.2, 0.25) is 0 Å². The minimum absolute atomic E-state index is 0.286. The summed E-state index contributed by atoms with van der Waals surface area (Å²) in [6, 6.07) is 93.8. The molecule has 12 aromatic carbocycles. The van der Waals surface area contributed by atoms with Crippen molar-refractivity contribution >= 4 is 77.2 Å². The first-order chi connectivity index (χ1) is 33.9. The molecule has 1 aliphatic carbocycles. The Labute approximate surface area is 403 Å². The molecule has 0 unspecified atom stereocenters. The summed E-state index contributed by atoms with van der Waals surface area (Å²) in [5, 5.41) is 9.86. The van der Waals surface area contributed by atoms with Gasteiger partial charge < -0.3 is 9.80 Å². The summed E-state index contributed by atoms with van der Waals surface area (Å²) >= 11 is 0. The standard InChI is InChI=1S/C67H48N2/c1-67(2)63-43-57(68(65-23-11-19-49-15-7-9-21-59(49)65)55-33-29-47(30-34-55)53-27-25-45-13-3-5-17-51(45)41-53)37-39-61(63)62-40-38-58(44-64(62)67)69(66-24-12-20-50-16-8-10-22-60(50)66)56-35-31-48(32-36-56)54-28-26-46-14-4-6-18-52(46)42-54/h3-44H,1-2H3. The van der Waals surface area contributed by atoms with Gasteiger partial charge in [-0.15, -0.1) is 0 Å². The van der Waals surface area contributed by atoms with Crippen molar-refractivity contribution in [3.05, 3.63) is 266 Å². The predicted molar refractivity (Wildman–Crippen MR) is 294 cm³/mol. The van der Waals surface area contributed by atoms with Crippen molar-refractivity contribution in [3.63, 3.8) is 0 Å². The molecule has 12 aromatic rings. The molecule has 0 amide bonds. The van der Waals surface area contributed by atoms with Crippen LogP contribution in [0, 0.1) is 0 Å². The zero-order valence-electron chi connectivity index (χ0n) is 38.6. The van der Waals surface area contributed by atoms with Gasteiger partial charge in [0.1, 0.15) is 0 Å². The van der Waals surface area contributed by atoms with E-state index in [0.717, 1.165) is 34.1 Å². The maximum absolute atomic E-state index is 2.45. The molecule has 0 heterocycles. The lowest BCUT2D eigenvalue weighted by atomic mass is 9.82. The highest BCUT2D eigenvalue weighted by molar-refractivity contribution is 6.02. The van der Waals surface area contributed by atoms with Crippen molar-refractivity contribution < 1.29 is 0 Å². The van der Waals surface area contributed by atoms with Crippen molar-refractivity contribution in [2.45, 2.75) is 19.3 Å². The third kappa shape index (κ3) is 6.95. The summed E-state index contributed by atoms with van der Waals surface area (Å²) in [4.78, 5) is 4.89. The van der Waals surface area contributed by atoms with Crippen molar-refractivity contribution in [3.8, 4) is 33.4 Å². The Hall–Kier alpha value is -8.72. The molecule has 0 saturated heterocycles. The Morgan fingerprint density at radius 3 is 1.04 bits per heavy atom. The van der Waals surface area contributed by atoms with E-state index in [1.165, 1.54) is 87.6 Å². The fourth-order valence-corrected chi connectivity index (χ4v) is 11.0. The van der Waals surface area contributed by atoms with E-state index in [2.05, 4.69) is 278 Å². The molecule has 0 atom stereocenters. The van der Waals surface area contributed by atoms with Crippen molar-refractivity contribution in [2.24, 2.45) is 0 Å². The first-order valence-electron chi connectivity index (χ1n) is 24.0. The number of rotatable bonds is 8. The van der Waals surface area contributed by atoms with Gasteiger partial charge in [0.25, 0.3) is 0 Å². The molecule has 0 radical (unpaired) electrons. The van der Waals surface area contributed by atoms with Gasteiger partial charge in [-0.1, -0.05) is 196 Å². The molecule has 326 valence electrons. The second-order valence-corrected chi connectivity index (χ2v) is 19.0. The van der Waals surface area contributed by atoms with Crippen molar-refractivity contribution in [1.29, 1.82) is 0 Å². The van der Waals surface area contributed by atoms with Crippen LogP contribution in [-0.4, -0.2) is 0 Å². The predicted octanol–water partition coefficient (Wildman–Crippen LogP) is 18.9. The zero-order chi connectivity index (χ0) is 46.1. The Balaban J connectivity index is 0.906. The van der Waals surface area contributed by atoms with Crippen LogP contribution in [0.4, 0.5) is 34.1 Å². The van der Waals surface area contributed by atoms with E-state index in [1.54, 1.807) is 0 Å². The first kappa shape index (κ1) is 40.5. The summed E-state index contributed by atoms with van der Waals surface area (Å²) in [5.41, 5.74) is 16.5. The second-order valence-electron chi connectivity index (χ2n) is 19.0. The lowest BCUT2D eigenvalue weighted by Crippen LogP contribution is -2.18. The largest absolute Gasteiger partial charge is 0.310 e. The molecule has 0 N–H and O–H groups in total. The topological polar surface area (TPSA) is 6.48 Å². The van der Waals surface area contributed by atoms with Crippen LogP contribution >= 0.6 is 0 Å². The van der Waals surface area contributed by atoms with Gasteiger partial charge in [0.2, 0.25) is 0 Å². The molecular formula is C67H48N2. The third-order valence-corrected chi connectivity index (χ3v) is 14.6. The van der Waals surface area contributed by atoms with Crippen LogP contribution < -0.4 is 9.80 Å². The van der Waals surface area contributed by atoms with Gasteiger partial charge >= 0.3 is 0 Å². The van der Waals surface area contributed by atoms with Crippen LogP contribution in [0.15, 0.2) is 255 Å². The number of hydrogen-bond donors (Lipinski definition) is 0. The Morgan fingerprint density at radius 1 is 0.261 bits per heavy atom. The Kier molecular flexibility index (Phi) is 9.55. The van der Waals surface area contributed by atoms with Gasteiger partial charge in [0.05, 0.1) is 11.4 Å². The van der Waals surface area contributed by atoms with Crippen molar-refractivity contribution in [2.75, 3.05) is 9.80 Å². The minimum Gasteiger partial charge on any atom is -0.310 e. The highest BCUT2D eigenvalue weighted by Crippen LogP contribution is 2.53. The number of hydrogen-bond acceptors (Lipinski definition) is 2. The minimum atomic E-state index is -0.286. The number of nitrogens with zero attached hydrogens (tertiary/aromatic N) is 2. The highest BCUT2D eigenvalue weighted by Gasteiger charge is 2.37. The van der Waals surface area contributed by atoms with Crippen LogP contribution in [0.1, 0.15) is 25.0 Å². The van der Waals surface area contributed by atoms with E-state index in [9.17, 15) is 0 Å².